The van der Waals surface area contributed by atoms with Gasteiger partial charge in [-0.1, -0.05) is 59.8 Å². The molecule has 2 aromatic carbocycles. The van der Waals surface area contributed by atoms with Crippen molar-refractivity contribution in [3.05, 3.63) is 66.7 Å². The Bertz CT molecular complexity index is 557. The quantitative estimate of drug-likeness (QED) is 0.553. The highest BCUT2D eigenvalue weighted by molar-refractivity contribution is 6.75. The van der Waals surface area contributed by atoms with Gasteiger partial charge in [-0.2, -0.15) is 0 Å². The molecule has 1 heterocycles. The first kappa shape index (κ1) is 10.5. The first-order valence-corrected chi connectivity index (χ1v) is 7.95. The highest BCUT2D eigenvalue weighted by atomic mass is 28.3. The van der Waals surface area contributed by atoms with Crippen molar-refractivity contribution in [2.75, 3.05) is 0 Å². The van der Waals surface area contributed by atoms with E-state index in [1.165, 1.54) is 22.7 Å². The Balaban J connectivity index is 2.19. The largest absolute Gasteiger partial charge is 0.103 e. The summed E-state index contributed by atoms with van der Waals surface area (Å²) >= 11 is 0. The van der Waals surface area contributed by atoms with Crippen molar-refractivity contribution in [3.63, 3.8) is 0 Å². The fraction of sp³-hybridized carbons (Fsp3) is 0.125. The molecule has 0 nitrogen and oxygen atoms in total. The number of hydrogen-bond acceptors (Lipinski definition) is 0. The lowest BCUT2D eigenvalue weighted by Gasteiger charge is -2.25. The molecule has 1 aliphatic rings. The molecule has 83 valence electrons. The third-order valence-corrected chi connectivity index (χ3v) is 6.20. The summed E-state index contributed by atoms with van der Waals surface area (Å²) in [6.45, 7) is 3.91. The highest BCUT2D eigenvalue weighted by Gasteiger charge is 2.24. The number of benzene rings is 2. The zero-order valence-electron chi connectivity index (χ0n) is 9.82. The molecule has 0 aliphatic carbocycles. The van der Waals surface area contributed by atoms with Crippen molar-refractivity contribution in [3.8, 4) is 11.1 Å². The molecule has 0 N–H and O–H groups in total. The zero-order chi connectivity index (χ0) is 11.7. The minimum Gasteiger partial charge on any atom is -0.103 e. The molecule has 0 bridgehead atoms. The second-order valence-corrected chi connectivity index (χ2v) is 6.98. The van der Waals surface area contributed by atoms with Crippen LogP contribution in [-0.4, -0.2) is 8.80 Å². The van der Waals surface area contributed by atoms with Crippen LogP contribution in [-0.2, 0) is 6.04 Å². The molecule has 0 saturated heterocycles. The van der Waals surface area contributed by atoms with Gasteiger partial charge in [0.2, 0.25) is 0 Å². The molecule has 0 saturated carbocycles. The summed E-state index contributed by atoms with van der Waals surface area (Å²) in [5.74, 6) is 0. The number of fused-ring (bicyclic) bond motifs is 3. The Morgan fingerprint density at radius 3 is 2.53 bits per heavy atom. The van der Waals surface area contributed by atoms with Crippen molar-refractivity contribution >= 4 is 14.0 Å². The Morgan fingerprint density at radius 2 is 1.71 bits per heavy atom. The van der Waals surface area contributed by atoms with Crippen molar-refractivity contribution in [2.45, 2.75) is 12.1 Å². The fourth-order valence-electron chi connectivity index (χ4n) is 2.64. The van der Waals surface area contributed by atoms with Gasteiger partial charge in [-0.3, -0.25) is 0 Å². The van der Waals surface area contributed by atoms with Gasteiger partial charge in [0.1, 0.15) is 0 Å². The van der Waals surface area contributed by atoms with Crippen LogP contribution in [0.4, 0.5) is 0 Å². The van der Waals surface area contributed by atoms with Gasteiger partial charge < -0.3 is 0 Å². The van der Waals surface area contributed by atoms with Crippen molar-refractivity contribution in [2.24, 2.45) is 0 Å². The van der Waals surface area contributed by atoms with Crippen LogP contribution in [0.3, 0.4) is 0 Å². The van der Waals surface area contributed by atoms with Crippen molar-refractivity contribution < 1.29 is 0 Å². The molecule has 2 aromatic rings. The van der Waals surface area contributed by atoms with E-state index in [9.17, 15) is 0 Å². The Kier molecular flexibility index (Phi) is 2.69. The standard InChI is InChI=1S/C16H15Si/c1-2-11-17-12-13-7-3-4-8-14(13)15-9-5-6-10-16(15)17/h2-10H,1,11-12H2. The van der Waals surface area contributed by atoms with E-state index in [1.807, 2.05) is 0 Å². The Morgan fingerprint density at radius 1 is 1.00 bits per heavy atom. The third-order valence-electron chi connectivity index (χ3n) is 3.41. The topological polar surface area (TPSA) is 0 Å². The number of rotatable bonds is 2. The molecule has 17 heavy (non-hydrogen) atoms. The second kappa shape index (κ2) is 4.34. The number of allylic oxidation sites excluding steroid dienone is 1. The van der Waals surface area contributed by atoms with Gasteiger partial charge in [-0.25, -0.2) is 0 Å². The monoisotopic (exact) mass is 235 g/mol. The third kappa shape index (κ3) is 1.77. The summed E-state index contributed by atoms with van der Waals surface area (Å²) in [6, 6.07) is 20.1. The molecule has 0 spiro atoms. The normalized spacial score (nSPS) is 13.9. The minimum atomic E-state index is -0.486. The van der Waals surface area contributed by atoms with Gasteiger partial charge >= 0.3 is 0 Å². The lowest BCUT2D eigenvalue weighted by molar-refractivity contribution is 1.32. The van der Waals surface area contributed by atoms with E-state index in [0.29, 0.717) is 0 Å². The van der Waals surface area contributed by atoms with Crippen LogP contribution in [0.15, 0.2) is 61.2 Å². The van der Waals surface area contributed by atoms with E-state index in [2.05, 4.69) is 61.2 Å². The lowest BCUT2D eigenvalue weighted by Crippen LogP contribution is -2.37. The first-order valence-electron chi connectivity index (χ1n) is 6.03. The van der Waals surface area contributed by atoms with Gasteiger partial charge in [-0.05, 0) is 28.8 Å². The fourth-order valence-corrected chi connectivity index (χ4v) is 5.25. The van der Waals surface area contributed by atoms with Crippen LogP contribution in [0.5, 0.6) is 0 Å². The van der Waals surface area contributed by atoms with E-state index >= 15 is 0 Å². The molecule has 1 radical (unpaired) electrons. The van der Waals surface area contributed by atoms with Gasteiger partial charge in [0.25, 0.3) is 0 Å². The van der Waals surface area contributed by atoms with Gasteiger partial charge in [0.05, 0.1) is 8.80 Å². The molecular formula is C16H15Si. The molecular weight excluding hydrogens is 220 g/mol. The number of hydrogen-bond donors (Lipinski definition) is 0. The summed E-state index contributed by atoms with van der Waals surface area (Å²) in [7, 11) is -0.486. The summed E-state index contributed by atoms with van der Waals surface area (Å²) in [5, 5.41) is 1.58. The first-order chi connectivity index (χ1) is 8.40. The smallest absolute Gasteiger partial charge is 0.0949 e. The van der Waals surface area contributed by atoms with Crippen molar-refractivity contribution in [1.29, 1.82) is 0 Å². The maximum atomic E-state index is 3.91. The molecule has 3 rings (SSSR count). The van der Waals surface area contributed by atoms with E-state index in [-0.39, 0.29) is 0 Å². The summed E-state index contributed by atoms with van der Waals surface area (Å²) in [5.41, 5.74) is 4.40. The summed E-state index contributed by atoms with van der Waals surface area (Å²) < 4.78 is 0. The van der Waals surface area contributed by atoms with E-state index in [1.54, 1.807) is 5.19 Å². The molecule has 0 amide bonds. The van der Waals surface area contributed by atoms with E-state index < -0.39 is 8.80 Å². The summed E-state index contributed by atoms with van der Waals surface area (Å²) in [4.78, 5) is 0. The molecule has 1 heteroatoms. The molecule has 0 unspecified atom stereocenters. The van der Waals surface area contributed by atoms with Gasteiger partial charge in [-0.15, -0.1) is 6.58 Å². The Hall–Kier alpha value is -1.60. The van der Waals surface area contributed by atoms with Crippen LogP contribution < -0.4 is 5.19 Å². The van der Waals surface area contributed by atoms with E-state index in [4.69, 9.17) is 0 Å². The average Bonchev–Trinajstić information content (AvgIpc) is 2.39. The van der Waals surface area contributed by atoms with Gasteiger partial charge in [0, 0.05) is 0 Å². The van der Waals surface area contributed by atoms with Crippen LogP contribution in [0.25, 0.3) is 11.1 Å². The molecule has 0 aromatic heterocycles. The molecule has 1 aliphatic heterocycles. The van der Waals surface area contributed by atoms with E-state index in [0.717, 1.165) is 6.04 Å². The minimum absolute atomic E-state index is 0.486. The van der Waals surface area contributed by atoms with Crippen LogP contribution in [0, 0.1) is 0 Å². The SMILES string of the molecule is C=CC[Si]1Cc2ccccc2-c2ccccc21. The van der Waals surface area contributed by atoms with Crippen LogP contribution >= 0.6 is 0 Å². The predicted octanol–water partition coefficient (Wildman–Crippen LogP) is 3.34. The maximum Gasteiger partial charge on any atom is 0.0949 e. The van der Waals surface area contributed by atoms with Crippen molar-refractivity contribution in [1.82, 2.24) is 0 Å². The van der Waals surface area contributed by atoms with Crippen LogP contribution in [0.2, 0.25) is 6.04 Å². The average molecular weight is 235 g/mol. The highest BCUT2D eigenvalue weighted by Crippen LogP contribution is 2.28. The zero-order valence-corrected chi connectivity index (χ0v) is 10.8. The predicted molar refractivity (Wildman–Crippen MR) is 76.0 cm³/mol. The molecule has 0 atom stereocenters. The lowest BCUT2D eigenvalue weighted by atomic mass is 10.00. The van der Waals surface area contributed by atoms with Crippen LogP contribution in [0.1, 0.15) is 5.56 Å². The Labute approximate surface area is 104 Å². The maximum absolute atomic E-state index is 3.91. The van der Waals surface area contributed by atoms with Gasteiger partial charge in [0.15, 0.2) is 0 Å². The second-order valence-electron chi connectivity index (χ2n) is 4.48. The summed E-state index contributed by atoms with van der Waals surface area (Å²) in [6.07, 6.45) is 2.08. The molecule has 0 fully saturated rings.